The topological polar surface area (TPSA) is 68.4 Å². The van der Waals surface area contributed by atoms with E-state index in [1.807, 2.05) is 25.2 Å². The number of aromatic amines is 1. The maximum absolute atomic E-state index is 14.2. The number of rotatable bonds is 6. The van der Waals surface area contributed by atoms with Crippen LogP contribution in [0.3, 0.4) is 0 Å². The Labute approximate surface area is 218 Å². The number of benzene rings is 3. The molecule has 3 aromatic carbocycles. The van der Waals surface area contributed by atoms with Crippen molar-refractivity contribution in [1.82, 2.24) is 20.1 Å². The van der Waals surface area contributed by atoms with E-state index in [1.54, 1.807) is 11.0 Å². The first-order valence-corrected chi connectivity index (χ1v) is 12.5. The first kappa shape index (κ1) is 25.2. The molecule has 37 heavy (non-hydrogen) atoms. The van der Waals surface area contributed by atoms with Gasteiger partial charge in [0.05, 0.1) is 5.92 Å². The number of fused-ring (bicyclic) bond motifs is 3. The molecule has 1 aliphatic heterocycles. The Morgan fingerprint density at radius 1 is 0.973 bits per heavy atom. The third-order valence-electron chi connectivity index (χ3n) is 7.00. The van der Waals surface area contributed by atoms with Crippen LogP contribution in [0.2, 0.25) is 5.02 Å². The molecule has 2 heterocycles. The summed E-state index contributed by atoms with van der Waals surface area (Å²) in [5.41, 5.74) is 2.30. The summed E-state index contributed by atoms with van der Waals surface area (Å²) < 4.78 is 28.0. The minimum Gasteiger partial charge on any atom is -0.354 e. The SMILES string of the molecule is CN1CCN(C(=O)CC(C(=O)NCc2cc(Cl)ccc2F)c2ccc3c(c2)[nH]c2cc(F)ccc23)CC1. The van der Waals surface area contributed by atoms with Crippen LogP contribution in [0.4, 0.5) is 8.78 Å². The van der Waals surface area contributed by atoms with Crippen LogP contribution in [0.1, 0.15) is 23.5 Å². The molecule has 1 saturated heterocycles. The lowest BCUT2D eigenvalue weighted by atomic mass is 9.92. The normalized spacial score (nSPS) is 15.3. The quantitative estimate of drug-likeness (QED) is 0.380. The number of carbonyl (C=O) groups is 2. The molecule has 0 aliphatic carbocycles. The summed E-state index contributed by atoms with van der Waals surface area (Å²) in [6.45, 7) is 2.69. The number of H-pyrrole nitrogens is 1. The van der Waals surface area contributed by atoms with Gasteiger partial charge in [-0.05, 0) is 55.1 Å². The second-order valence-corrected chi connectivity index (χ2v) is 9.95. The van der Waals surface area contributed by atoms with Crippen LogP contribution >= 0.6 is 11.6 Å². The Morgan fingerprint density at radius 2 is 1.68 bits per heavy atom. The maximum atomic E-state index is 14.2. The van der Waals surface area contributed by atoms with Gasteiger partial charge in [-0.25, -0.2) is 8.78 Å². The molecule has 0 spiro atoms. The minimum absolute atomic E-state index is 0.0199. The molecule has 0 radical (unpaired) electrons. The van der Waals surface area contributed by atoms with Crippen molar-refractivity contribution in [2.24, 2.45) is 0 Å². The van der Waals surface area contributed by atoms with Crippen LogP contribution in [0.5, 0.6) is 0 Å². The molecular formula is C28H27ClF2N4O2. The Kier molecular flexibility index (Phi) is 7.13. The van der Waals surface area contributed by atoms with Crippen molar-refractivity contribution in [3.8, 4) is 0 Å². The molecule has 192 valence electrons. The number of likely N-dealkylation sites (N-methyl/N-ethyl adjacent to an activating group) is 1. The van der Waals surface area contributed by atoms with Gasteiger partial charge in [-0.15, -0.1) is 0 Å². The minimum atomic E-state index is -0.790. The van der Waals surface area contributed by atoms with Crippen LogP contribution in [-0.4, -0.2) is 59.8 Å². The summed E-state index contributed by atoms with van der Waals surface area (Å²) in [4.78, 5) is 33.8. The number of carbonyl (C=O) groups excluding carboxylic acids is 2. The number of hydrogen-bond acceptors (Lipinski definition) is 3. The molecule has 2 N–H and O–H groups in total. The number of amides is 2. The number of piperazine rings is 1. The van der Waals surface area contributed by atoms with Gasteiger partial charge in [0.2, 0.25) is 11.8 Å². The molecule has 2 amide bonds. The molecule has 1 atom stereocenters. The lowest BCUT2D eigenvalue weighted by Crippen LogP contribution is -2.47. The highest BCUT2D eigenvalue weighted by Gasteiger charge is 2.28. The number of aromatic nitrogens is 1. The fourth-order valence-electron chi connectivity index (χ4n) is 4.82. The van der Waals surface area contributed by atoms with Crippen molar-refractivity contribution >= 4 is 45.2 Å². The monoisotopic (exact) mass is 524 g/mol. The second-order valence-electron chi connectivity index (χ2n) is 9.51. The largest absolute Gasteiger partial charge is 0.354 e. The Hall–Kier alpha value is -3.49. The fraction of sp³-hybridized carbons (Fsp3) is 0.286. The van der Waals surface area contributed by atoms with Gasteiger partial charge < -0.3 is 20.1 Å². The fourth-order valence-corrected chi connectivity index (χ4v) is 5.02. The van der Waals surface area contributed by atoms with Gasteiger partial charge in [-0.3, -0.25) is 9.59 Å². The number of nitrogens with zero attached hydrogens (tertiary/aromatic N) is 2. The zero-order chi connectivity index (χ0) is 26.1. The summed E-state index contributed by atoms with van der Waals surface area (Å²) in [5.74, 6) is -2.10. The molecule has 1 aliphatic rings. The average Bonchev–Trinajstić information content (AvgIpc) is 3.24. The molecule has 1 aromatic heterocycles. The lowest BCUT2D eigenvalue weighted by molar-refractivity contribution is -0.135. The van der Waals surface area contributed by atoms with Crippen LogP contribution in [-0.2, 0) is 16.1 Å². The Balaban J connectivity index is 1.44. The van der Waals surface area contributed by atoms with Gasteiger partial charge in [0.15, 0.2) is 0 Å². The van der Waals surface area contributed by atoms with Gasteiger partial charge in [-0.1, -0.05) is 23.7 Å². The van der Waals surface area contributed by atoms with Crippen molar-refractivity contribution in [1.29, 1.82) is 0 Å². The number of nitrogens with one attached hydrogen (secondary N) is 2. The highest BCUT2D eigenvalue weighted by atomic mass is 35.5. The van der Waals surface area contributed by atoms with Gasteiger partial charge in [0.25, 0.3) is 0 Å². The van der Waals surface area contributed by atoms with E-state index in [1.165, 1.54) is 30.3 Å². The highest BCUT2D eigenvalue weighted by Crippen LogP contribution is 2.30. The zero-order valence-corrected chi connectivity index (χ0v) is 21.1. The van der Waals surface area contributed by atoms with Crippen LogP contribution in [0.25, 0.3) is 21.8 Å². The van der Waals surface area contributed by atoms with E-state index in [2.05, 4.69) is 15.2 Å². The van der Waals surface area contributed by atoms with Crippen molar-refractivity contribution in [2.75, 3.05) is 33.2 Å². The molecule has 9 heteroatoms. The van der Waals surface area contributed by atoms with E-state index < -0.39 is 11.7 Å². The van der Waals surface area contributed by atoms with Crippen LogP contribution in [0, 0.1) is 11.6 Å². The number of halogens is 3. The summed E-state index contributed by atoms with van der Waals surface area (Å²) >= 11 is 5.99. The standard InChI is InChI=1S/C28H27ClF2N4O2/c1-34-8-10-35(11-9-34)27(36)15-23(28(37)32-16-18-12-19(29)3-7-24(18)31)17-2-5-21-22-6-4-20(30)14-26(22)33-25(21)13-17/h2-7,12-14,23,33H,8-11,15-16H2,1H3,(H,32,37). The van der Waals surface area contributed by atoms with E-state index >= 15 is 0 Å². The van der Waals surface area contributed by atoms with E-state index in [0.29, 0.717) is 29.2 Å². The van der Waals surface area contributed by atoms with Gasteiger partial charge in [-0.2, -0.15) is 0 Å². The van der Waals surface area contributed by atoms with Crippen molar-refractivity contribution in [3.63, 3.8) is 0 Å². The third kappa shape index (κ3) is 5.45. The molecule has 0 saturated carbocycles. The molecule has 4 aromatic rings. The summed E-state index contributed by atoms with van der Waals surface area (Å²) in [5, 5.41) is 4.92. The summed E-state index contributed by atoms with van der Waals surface area (Å²) in [7, 11) is 2.01. The Morgan fingerprint density at radius 3 is 2.43 bits per heavy atom. The van der Waals surface area contributed by atoms with Gasteiger partial charge in [0.1, 0.15) is 11.6 Å². The molecular weight excluding hydrogens is 498 g/mol. The first-order chi connectivity index (χ1) is 17.8. The van der Waals surface area contributed by atoms with Gasteiger partial charge in [0, 0.05) is 71.5 Å². The van der Waals surface area contributed by atoms with Gasteiger partial charge >= 0.3 is 0 Å². The van der Waals surface area contributed by atoms with E-state index in [-0.39, 0.29) is 36.2 Å². The van der Waals surface area contributed by atoms with Crippen LogP contribution < -0.4 is 5.32 Å². The smallest absolute Gasteiger partial charge is 0.228 e. The predicted molar refractivity (Wildman–Crippen MR) is 140 cm³/mol. The van der Waals surface area contributed by atoms with E-state index in [9.17, 15) is 18.4 Å². The average molecular weight is 525 g/mol. The van der Waals surface area contributed by atoms with Crippen molar-refractivity contribution in [3.05, 3.63) is 82.4 Å². The molecule has 6 nitrogen and oxygen atoms in total. The maximum Gasteiger partial charge on any atom is 0.228 e. The summed E-state index contributed by atoms with van der Waals surface area (Å²) in [6.07, 6.45) is -0.0199. The Bertz CT molecular complexity index is 1480. The molecule has 1 unspecified atom stereocenters. The predicted octanol–water partition coefficient (Wildman–Crippen LogP) is 4.82. The second kappa shape index (κ2) is 10.5. The zero-order valence-electron chi connectivity index (χ0n) is 20.4. The third-order valence-corrected chi connectivity index (χ3v) is 7.23. The molecule has 0 bridgehead atoms. The molecule has 5 rings (SSSR count). The summed E-state index contributed by atoms with van der Waals surface area (Å²) in [6, 6.07) is 14.2. The highest BCUT2D eigenvalue weighted by molar-refractivity contribution is 6.30. The van der Waals surface area contributed by atoms with Crippen molar-refractivity contribution < 1.29 is 18.4 Å². The van der Waals surface area contributed by atoms with Crippen LogP contribution in [0.15, 0.2) is 54.6 Å². The molecule has 1 fully saturated rings. The van der Waals surface area contributed by atoms with E-state index in [0.717, 1.165) is 29.4 Å². The van der Waals surface area contributed by atoms with E-state index in [4.69, 9.17) is 11.6 Å². The lowest BCUT2D eigenvalue weighted by Gasteiger charge is -2.33. The first-order valence-electron chi connectivity index (χ1n) is 12.2. The number of hydrogen-bond donors (Lipinski definition) is 2. The van der Waals surface area contributed by atoms with Crippen molar-refractivity contribution in [2.45, 2.75) is 18.9 Å².